The Kier molecular flexibility index (Phi) is 5.37. The maximum Gasteiger partial charge on any atom is 0.324 e. The topological polar surface area (TPSA) is 53.3 Å². The minimum atomic E-state index is -0.502. The zero-order valence-electron chi connectivity index (χ0n) is 11.9. The molecule has 1 aromatic rings. The quantitative estimate of drug-likeness (QED) is 0.764. The summed E-state index contributed by atoms with van der Waals surface area (Å²) in [5.74, 6) is 0.770. The van der Waals surface area contributed by atoms with Gasteiger partial charge in [-0.3, -0.25) is 4.79 Å². The number of hydrogen-bond acceptors (Lipinski definition) is 3. The van der Waals surface area contributed by atoms with Crippen molar-refractivity contribution in [2.45, 2.75) is 26.2 Å². The molecule has 0 radical (unpaired) electrons. The number of benzene rings is 1. The van der Waals surface area contributed by atoms with Gasteiger partial charge in [0, 0.05) is 13.6 Å². The second-order valence-electron chi connectivity index (χ2n) is 4.82. The summed E-state index contributed by atoms with van der Waals surface area (Å²) in [7, 11) is 3.30. The lowest BCUT2D eigenvalue weighted by Crippen LogP contribution is -2.27. The number of methoxy groups -OCH3 is 1. The molecule has 0 saturated carbocycles. The molecule has 0 spiro atoms. The third-order valence-electron chi connectivity index (χ3n) is 3.09. The zero-order chi connectivity index (χ0) is 14.4. The van der Waals surface area contributed by atoms with E-state index >= 15 is 0 Å². The second kappa shape index (κ2) is 6.79. The Morgan fingerprint density at radius 3 is 2.68 bits per heavy atom. The molecule has 0 aromatic heterocycles. The van der Waals surface area contributed by atoms with Crippen LogP contribution in [-0.2, 0) is 11.2 Å². The Labute approximate surface area is 114 Å². The van der Waals surface area contributed by atoms with Crippen LogP contribution in [-0.4, -0.2) is 31.5 Å². The SMILES string of the molecule is COc1ccc(CCN(C)C(=O)C#N)cc1C(C)C. The molecule has 19 heavy (non-hydrogen) atoms. The highest BCUT2D eigenvalue weighted by Gasteiger charge is 2.10. The first-order chi connectivity index (χ1) is 8.99. The van der Waals surface area contributed by atoms with Crippen LogP contribution in [0.25, 0.3) is 0 Å². The predicted molar refractivity (Wildman–Crippen MR) is 74.0 cm³/mol. The lowest BCUT2D eigenvalue weighted by Gasteiger charge is -2.16. The molecule has 0 saturated heterocycles. The van der Waals surface area contributed by atoms with Gasteiger partial charge in [0.05, 0.1) is 7.11 Å². The molecule has 4 heteroatoms. The maximum atomic E-state index is 11.2. The first kappa shape index (κ1) is 15.0. The Hall–Kier alpha value is -2.02. The van der Waals surface area contributed by atoms with Gasteiger partial charge < -0.3 is 9.64 Å². The van der Waals surface area contributed by atoms with Crippen LogP contribution in [0.1, 0.15) is 30.9 Å². The van der Waals surface area contributed by atoms with Crippen LogP contribution in [0.4, 0.5) is 0 Å². The standard InChI is InChI=1S/C15H20N2O2/c1-11(2)13-9-12(5-6-14(13)19-4)7-8-17(3)15(18)10-16/h5-6,9,11H,7-8H2,1-4H3. The molecule has 4 nitrogen and oxygen atoms in total. The third kappa shape index (κ3) is 3.99. The van der Waals surface area contributed by atoms with E-state index in [1.54, 1.807) is 20.2 Å². The highest BCUT2D eigenvalue weighted by molar-refractivity contribution is 5.90. The number of nitrogens with zero attached hydrogens (tertiary/aromatic N) is 2. The minimum Gasteiger partial charge on any atom is -0.496 e. The average Bonchev–Trinajstić information content (AvgIpc) is 2.43. The molecule has 1 rings (SSSR count). The summed E-state index contributed by atoms with van der Waals surface area (Å²) in [5.41, 5.74) is 2.30. The Bertz CT molecular complexity index is 489. The number of rotatable bonds is 5. The molecular weight excluding hydrogens is 240 g/mol. The van der Waals surface area contributed by atoms with Gasteiger partial charge in [-0.25, -0.2) is 0 Å². The van der Waals surface area contributed by atoms with E-state index in [1.165, 1.54) is 4.90 Å². The van der Waals surface area contributed by atoms with Crippen molar-refractivity contribution < 1.29 is 9.53 Å². The molecule has 0 aliphatic heterocycles. The molecule has 1 amide bonds. The molecule has 0 fully saturated rings. The Morgan fingerprint density at radius 2 is 2.16 bits per heavy atom. The fraction of sp³-hybridized carbons (Fsp3) is 0.467. The third-order valence-corrected chi connectivity index (χ3v) is 3.09. The highest BCUT2D eigenvalue weighted by atomic mass is 16.5. The monoisotopic (exact) mass is 260 g/mol. The molecule has 0 aliphatic rings. The number of amides is 1. The van der Waals surface area contributed by atoms with Crippen molar-refractivity contribution >= 4 is 5.91 Å². The lowest BCUT2D eigenvalue weighted by atomic mass is 9.98. The van der Waals surface area contributed by atoms with Crippen molar-refractivity contribution in [3.8, 4) is 11.8 Å². The highest BCUT2D eigenvalue weighted by Crippen LogP contribution is 2.27. The van der Waals surface area contributed by atoms with Crippen LogP contribution in [0.2, 0.25) is 0 Å². The van der Waals surface area contributed by atoms with Gasteiger partial charge in [-0.1, -0.05) is 26.0 Å². The average molecular weight is 260 g/mol. The van der Waals surface area contributed by atoms with Crippen molar-refractivity contribution in [3.05, 3.63) is 29.3 Å². The fourth-order valence-electron chi connectivity index (χ4n) is 1.87. The smallest absolute Gasteiger partial charge is 0.324 e. The van der Waals surface area contributed by atoms with E-state index in [1.807, 2.05) is 12.1 Å². The van der Waals surface area contributed by atoms with Crippen molar-refractivity contribution in [1.82, 2.24) is 4.90 Å². The molecule has 0 N–H and O–H groups in total. The summed E-state index contributed by atoms with van der Waals surface area (Å²) >= 11 is 0. The van der Waals surface area contributed by atoms with Crippen LogP contribution in [0.3, 0.4) is 0 Å². The predicted octanol–water partition coefficient (Wildman–Crippen LogP) is 2.34. The number of nitriles is 1. The van der Waals surface area contributed by atoms with E-state index in [4.69, 9.17) is 10.00 Å². The summed E-state index contributed by atoms with van der Waals surface area (Å²) in [5, 5.41) is 8.53. The Morgan fingerprint density at radius 1 is 1.47 bits per heavy atom. The first-order valence-corrected chi connectivity index (χ1v) is 6.31. The number of likely N-dealkylation sites (N-methyl/N-ethyl adjacent to an activating group) is 1. The first-order valence-electron chi connectivity index (χ1n) is 6.31. The second-order valence-corrected chi connectivity index (χ2v) is 4.82. The van der Waals surface area contributed by atoms with Crippen LogP contribution in [0.5, 0.6) is 5.75 Å². The summed E-state index contributed by atoms with van der Waals surface area (Å²) in [6, 6.07) is 7.67. The number of ether oxygens (including phenoxy) is 1. The van der Waals surface area contributed by atoms with Crippen LogP contribution < -0.4 is 4.74 Å². The van der Waals surface area contributed by atoms with E-state index in [-0.39, 0.29) is 0 Å². The summed E-state index contributed by atoms with van der Waals surface area (Å²) < 4.78 is 5.34. The minimum absolute atomic E-state index is 0.383. The lowest BCUT2D eigenvalue weighted by molar-refractivity contribution is -0.124. The van der Waals surface area contributed by atoms with Gasteiger partial charge in [0.15, 0.2) is 6.07 Å². The van der Waals surface area contributed by atoms with E-state index in [0.717, 1.165) is 23.3 Å². The number of carbonyl (C=O) groups excluding carboxylic acids is 1. The van der Waals surface area contributed by atoms with Gasteiger partial charge in [-0.05, 0) is 29.5 Å². The molecule has 1 aromatic carbocycles. The molecule has 0 aliphatic carbocycles. The molecule has 0 bridgehead atoms. The summed E-state index contributed by atoms with van der Waals surface area (Å²) in [4.78, 5) is 12.6. The maximum absolute atomic E-state index is 11.2. The van der Waals surface area contributed by atoms with Gasteiger partial charge in [-0.15, -0.1) is 0 Å². The molecule has 0 atom stereocenters. The van der Waals surface area contributed by atoms with Crippen molar-refractivity contribution in [2.75, 3.05) is 20.7 Å². The zero-order valence-corrected chi connectivity index (χ0v) is 11.9. The fourth-order valence-corrected chi connectivity index (χ4v) is 1.87. The molecular formula is C15H20N2O2. The van der Waals surface area contributed by atoms with Crippen molar-refractivity contribution in [1.29, 1.82) is 5.26 Å². The van der Waals surface area contributed by atoms with E-state index < -0.39 is 5.91 Å². The molecule has 0 unspecified atom stereocenters. The van der Waals surface area contributed by atoms with E-state index in [2.05, 4.69) is 19.9 Å². The van der Waals surface area contributed by atoms with Crippen LogP contribution >= 0.6 is 0 Å². The van der Waals surface area contributed by atoms with Crippen LogP contribution in [0.15, 0.2) is 18.2 Å². The van der Waals surface area contributed by atoms with E-state index in [9.17, 15) is 4.79 Å². The van der Waals surface area contributed by atoms with Crippen molar-refractivity contribution in [3.63, 3.8) is 0 Å². The van der Waals surface area contributed by atoms with Gasteiger partial charge in [0.25, 0.3) is 0 Å². The van der Waals surface area contributed by atoms with Gasteiger partial charge in [0.2, 0.25) is 0 Å². The summed E-state index contributed by atoms with van der Waals surface area (Å²) in [6.45, 7) is 4.77. The largest absolute Gasteiger partial charge is 0.496 e. The van der Waals surface area contributed by atoms with Crippen LogP contribution in [0, 0.1) is 11.3 Å². The van der Waals surface area contributed by atoms with Crippen molar-refractivity contribution in [2.24, 2.45) is 0 Å². The molecule has 102 valence electrons. The van der Waals surface area contributed by atoms with Gasteiger partial charge >= 0.3 is 5.91 Å². The number of hydrogen-bond donors (Lipinski definition) is 0. The van der Waals surface area contributed by atoms with Gasteiger partial charge in [0.1, 0.15) is 5.75 Å². The number of carbonyl (C=O) groups is 1. The Balaban J connectivity index is 2.78. The van der Waals surface area contributed by atoms with Gasteiger partial charge in [-0.2, -0.15) is 5.26 Å². The normalized spacial score (nSPS) is 10.1. The molecule has 0 heterocycles. The summed E-state index contributed by atoms with van der Waals surface area (Å²) in [6.07, 6.45) is 0.730. The van der Waals surface area contributed by atoms with E-state index in [0.29, 0.717) is 12.5 Å².